The summed E-state index contributed by atoms with van der Waals surface area (Å²) in [6.07, 6.45) is 3.73. The molecule has 3 nitrogen and oxygen atoms in total. The van der Waals surface area contributed by atoms with Crippen LogP contribution in [0.15, 0.2) is 6.20 Å². The van der Waals surface area contributed by atoms with Crippen LogP contribution < -0.4 is 0 Å². The standard InChI is InChI=1S/C9H13ClN2O/c1-3-7-5-11-9(6-13-10)12-8(7)4-2/h5H,3-4,6H2,1-2H3. The molecule has 0 atom stereocenters. The zero-order valence-electron chi connectivity index (χ0n) is 7.88. The Labute approximate surface area is 83.3 Å². The van der Waals surface area contributed by atoms with Crippen LogP contribution in [0.1, 0.15) is 30.9 Å². The second-order valence-corrected chi connectivity index (χ2v) is 2.94. The minimum absolute atomic E-state index is 0.262. The van der Waals surface area contributed by atoms with Gasteiger partial charge < -0.3 is 0 Å². The van der Waals surface area contributed by atoms with Gasteiger partial charge in [0.25, 0.3) is 0 Å². The van der Waals surface area contributed by atoms with Crippen molar-refractivity contribution in [2.24, 2.45) is 0 Å². The fraction of sp³-hybridized carbons (Fsp3) is 0.556. The van der Waals surface area contributed by atoms with E-state index in [2.05, 4.69) is 28.1 Å². The molecule has 72 valence electrons. The molecule has 0 spiro atoms. The van der Waals surface area contributed by atoms with Gasteiger partial charge in [-0.1, -0.05) is 13.8 Å². The van der Waals surface area contributed by atoms with E-state index in [4.69, 9.17) is 11.9 Å². The van der Waals surface area contributed by atoms with Crippen molar-refractivity contribution in [3.63, 3.8) is 0 Å². The lowest BCUT2D eigenvalue weighted by Gasteiger charge is -2.05. The van der Waals surface area contributed by atoms with Gasteiger partial charge >= 0.3 is 0 Å². The molecule has 1 rings (SSSR count). The van der Waals surface area contributed by atoms with Gasteiger partial charge in [-0.15, -0.1) is 0 Å². The van der Waals surface area contributed by atoms with Gasteiger partial charge in [-0.3, -0.25) is 4.29 Å². The van der Waals surface area contributed by atoms with Gasteiger partial charge in [-0.2, -0.15) is 0 Å². The summed E-state index contributed by atoms with van der Waals surface area (Å²) in [4.78, 5) is 8.46. The fourth-order valence-electron chi connectivity index (χ4n) is 1.20. The number of rotatable bonds is 4. The van der Waals surface area contributed by atoms with Crippen LogP contribution in [-0.4, -0.2) is 9.97 Å². The minimum Gasteiger partial charge on any atom is -0.271 e. The van der Waals surface area contributed by atoms with E-state index in [0.29, 0.717) is 5.82 Å². The molecule has 1 aromatic heterocycles. The molecule has 4 heteroatoms. The third-order valence-electron chi connectivity index (χ3n) is 1.90. The summed E-state index contributed by atoms with van der Waals surface area (Å²) in [5, 5.41) is 0. The summed E-state index contributed by atoms with van der Waals surface area (Å²) < 4.78 is 4.45. The molecule has 1 heterocycles. The Bertz CT molecular complexity index is 278. The van der Waals surface area contributed by atoms with Crippen LogP contribution >= 0.6 is 11.9 Å². The molecule has 0 radical (unpaired) electrons. The average Bonchev–Trinajstić information content (AvgIpc) is 2.18. The molecule has 0 aliphatic carbocycles. The molecule has 0 amide bonds. The van der Waals surface area contributed by atoms with Crippen LogP contribution in [0.25, 0.3) is 0 Å². The van der Waals surface area contributed by atoms with Crippen molar-refractivity contribution in [3.8, 4) is 0 Å². The summed E-state index contributed by atoms with van der Waals surface area (Å²) in [5.74, 6) is 0.643. The molecule has 0 aliphatic rings. The van der Waals surface area contributed by atoms with Crippen molar-refractivity contribution < 1.29 is 4.29 Å². The lowest BCUT2D eigenvalue weighted by atomic mass is 10.1. The van der Waals surface area contributed by atoms with E-state index in [1.54, 1.807) is 0 Å². The van der Waals surface area contributed by atoms with E-state index in [1.165, 1.54) is 5.56 Å². The van der Waals surface area contributed by atoms with Crippen molar-refractivity contribution >= 4 is 11.9 Å². The van der Waals surface area contributed by atoms with Gasteiger partial charge in [-0.05, 0) is 18.4 Å². The van der Waals surface area contributed by atoms with Gasteiger partial charge in [-0.25, -0.2) is 9.97 Å². The zero-order valence-corrected chi connectivity index (χ0v) is 8.64. The van der Waals surface area contributed by atoms with E-state index in [9.17, 15) is 0 Å². The highest BCUT2D eigenvalue weighted by Gasteiger charge is 2.03. The Morgan fingerprint density at radius 3 is 2.69 bits per heavy atom. The lowest BCUT2D eigenvalue weighted by Crippen LogP contribution is -2.02. The highest BCUT2D eigenvalue weighted by atomic mass is 35.5. The average molecular weight is 201 g/mol. The normalized spacial score (nSPS) is 10.4. The Hall–Kier alpha value is -0.670. The largest absolute Gasteiger partial charge is 0.271 e. The van der Waals surface area contributed by atoms with Gasteiger partial charge in [0.2, 0.25) is 0 Å². The monoisotopic (exact) mass is 200 g/mol. The predicted molar refractivity (Wildman–Crippen MR) is 51.4 cm³/mol. The number of halogens is 1. The maximum absolute atomic E-state index is 5.13. The molecule has 0 aromatic carbocycles. The Balaban J connectivity index is 2.91. The van der Waals surface area contributed by atoms with Crippen LogP contribution in [0.2, 0.25) is 0 Å². The van der Waals surface area contributed by atoms with Crippen LogP contribution in [0.5, 0.6) is 0 Å². The molecule has 1 aromatic rings. The molecular weight excluding hydrogens is 188 g/mol. The number of aromatic nitrogens is 2. The van der Waals surface area contributed by atoms with Crippen molar-refractivity contribution in [2.45, 2.75) is 33.3 Å². The van der Waals surface area contributed by atoms with Crippen molar-refractivity contribution in [3.05, 3.63) is 23.3 Å². The summed E-state index contributed by atoms with van der Waals surface area (Å²) in [6.45, 7) is 4.43. The molecule has 0 unspecified atom stereocenters. The second kappa shape index (κ2) is 5.14. The fourth-order valence-corrected chi connectivity index (χ4v) is 1.30. The summed E-state index contributed by atoms with van der Waals surface area (Å²) in [5.41, 5.74) is 2.28. The molecule has 0 N–H and O–H groups in total. The first-order chi connectivity index (χ1) is 6.31. The first-order valence-corrected chi connectivity index (χ1v) is 4.69. The molecule has 0 saturated heterocycles. The third-order valence-corrected chi connectivity index (χ3v) is 2.01. The molecule has 0 fully saturated rings. The quantitative estimate of drug-likeness (QED) is 0.748. The number of aryl methyl sites for hydroxylation is 2. The van der Waals surface area contributed by atoms with Crippen LogP contribution in [0.3, 0.4) is 0 Å². The predicted octanol–water partition coefficient (Wildman–Crippen LogP) is 2.27. The van der Waals surface area contributed by atoms with E-state index in [1.807, 2.05) is 6.20 Å². The topological polar surface area (TPSA) is 35.0 Å². The Morgan fingerprint density at radius 1 is 1.38 bits per heavy atom. The third kappa shape index (κ3) is 2.64. The molecule has 13 heavy (non-hydrogen) atoms. The van der Waals surface area contributed by atoms with Gasteiger partial charge in [0.05, 0.1) is 11.9 Å². The summed E-state index contributed by atoms with van der Waals surface area (Å²) >= 11 is 5.13. The van der Waals surface area contributed by atoms with Gasteiger partial charge in [0, 0.05) is 11.9 Å². The second-order valence-electron chi connectivity index (χ2n) is 2.72. The number of hydrogen-bond acceptors (Lipinski definition) is 3. The van der Waals surface area contributed by atoms with E-state index in [0.717, 1.165) is 18.5 Å². The Morgan fingerprint density at radius 2 is 2.15 bits per heavy atom. The first kappa shape index (κ1) is 10.4. The summed E-state index contributed by atoms with van der Waals surface area (Å²) in [7, 11) is 0. The van der Waals surface area contributed by atoms with Gasteiger partial charge in [0.15, 0.2) is 5.82 Å². The number of nitrogens with zero attached hydrogens (tertiary/aromatic N) is 2. The van der Waals surface area contributed by atoms with E-state index >= 15 is 0 Å². The van der Waals surface area contributed by atoms with Crippen LogP contribution in [-0.2, 0) is 23.7 Å². The van der Waals surface area contributed by atoms with Crippen LogP contribution in [0.4, 0.5) is 0 Å². The number of hydrogen-bond donors (Lipinski definition) is 0. The molecule has 0 aliphatic heterocycles. The zero-order chi connectivity index (χ0) is 9.68. The van der Waals surface area contributed by atoms with E-state index in [-0.39, 0.29) is 6.61 Å². The highest BCUT2D eigenvalue weighted by Crippen LogP contribution is 2.07. The summed E-state index contributed by atoms with van der Waals surface area (Å²) in [6, 6.07) is 0. The highest BCUT2D eigenvalue weighted by molar-refractivity contribution is 6.07. The molecular formula is C9H13ClN2O. The van der Waals surface area contributed by atoms with Crippen molar-refractivity contribution in [1.29, 1.82) is 0 Å². The van der Waals surface area contributed by atoms with Crippen molar-refractivity contribution in [1.82, 2.24) is 9.97 Å². The maximum Gasteiger partial charge on any atom is 0.156 e. The maximum atomic E-state index is 5.13. The molecule has 0 bridgehead atoms. The van der Waals surface area contributed by atoms with Crippen LogP contribution in [0, 0.1) is 0 Å². The smallest absolute Gasteiger partial charge is 0.156 e. The first-order valence-electron chi connectivity index (χ1n) is 4.39. The SMILES string of the molecule is CCc1cnc(COCl)nc1CC. The lowest BCUT2D eigenvalue weighted by molar-refractivity contribution is 0.328. The van der Waals surface area contributed by atoms with Gasteiger partial charge in [0.1, 0.15) is 6.61 Å². The minimum atomic E-state index is 0.262. The van der Waals surface area contributed by atoms with E-state index < -0.39 is 0 Å². The van der Waals surface area contributed by atoms with Crippen molar-refractivity contribution in [2.75, 3.05) is 0 Å². The Kier molecular flexibility index (Phi) is 4.12. The molecule has 0 saturated carbocycles.